The summed E-state index contributed by atoms with van der Waals surface area (Å²) in [5.74, 6) is 0.747. The van der Waals surface area contributed by atoms with Crippen molar-refractivity contribution in [3.05, 3.63) is 34.9 Å². The number of benzene rings is 1. The summed E-state index contributed by atoms with van der Waals surface area (Å²) in [7, 11) is 0. The van der Waals surface area contributed by atoms with Crippen molar-refractivity contribution < 1.29 is 9.94 Å². The average Bonchev–Trinajstić information content (AvgIpc) is 2.85. The molecule has 0 aromatic heterocycles. The normalized spacial score (nSPS) is 23.2. The fourth-order valence-electron chi connectivity index (χ4n) is 2.55. The van der Waals surface area contributed by atoms with Gasteiger partial charge in [0.15, 0.2) is 5.84 Å². The lowest BCUT2D eigenvalue weighted by atomic mass is 10.0. The van der Waals surface area contributed by atoms with Crippen LogP contribution < -0.4 is 11.1 Å². The first kappa shape index (κ1) is 14.8. The van der Waals surface area contributed by atoms with Crippen LogP contribution in [0.3, 0.4) is 0 Å². The zero-order valence-corrected chi connectivity index (χ0v) is 12.1. The van der Waals surface area contributed by atoms with Gasteiger partial charge in [-0.3, -0.25) is 0 Å². The van der Waals surface area contributed by atoms with Crippen LogP contribution in [-0.2, 0) is 11.3 Å². The Morgan fingerprint density at radius 2 is 2.35 bits per heavy atom. The molecule has 0 saturated carbocycles. The van der Waals surface area contributed by atoms with Crippen molar-refractivity contribution >= 4 is 5.84 Å². The Bertz CT molecular complexity index is 488. The molecule has 1 fully saturated rings. The van der Waals surface area contributed by atoms with Gasteiger partial charge < -0.3 is 21.0 Å². The van der Waals surface area contributed by atoms with Crippen molar-refractivity contribution in [1.82, 2.24) is 5.32 Å². The molecule has 0 radical (unpaired) electrons. The molecule has 1 aromatic carbocycles. The maximum atomic E-state index is 8.67. The predicted octanol–water partition coefficient (Wildman–Crippen LogP) is 1.60. The zero-order chi connectivity index (χ0) is 14.5. The topological polar surface area (TPSA) is 79.9 Å². The Morgan fingerprint density at radius 3 is 2.95 bits per heavy atom. The summed E-state index contributed by atoms with van der Waals surface area (Å²) >= 11 is 0. The predicted molar refractivity (Wildman–Crippen MR) is 78.9 cm³/mol. The highest BCUT2D eigenvalue weighted by Gasteiger charge is 2.23. The molecule has 0 bridgehead atoms. The lowest BCUT2D eigenvalue weighted by Crippen LogP contribution is -2.27. The number of hydrogen-bond donors (Lipinski definition) is 3. The summed E-state index contributed by atoms with van der Waals surface area (Å²) in [5.41, 5.74) is 8.69. The van der Waals surface area contributed by atoms with Crippen LogP contribution in [0.15, 0.2) is 23.4 Å². The largest absolute Gasteiger partial charge is 0.409 e. The molecule has 0 spiro atoms. The molecule has 110 valence electrons. The third-order valence-electron chi connectivity index (χ3n) is 4.00. The van der Waals surface area contributed by atoms with E-state index in [-0.39, 0.29) is 5.84 Å². The number of oxime groups is 1. The van der Waals surface area contributed by atoms with Gasteiger partial charge in [-0.25, -0.2) is 0 Å². The summed E-state index contributed by atoms with van der Waals surface area (Å²) in [4.78, 5) is 0. The van der Waals surface area contributed by atoms with Gasteiger partial charge >= 0.3 is 0 Å². The van der Waals surface area contributed by atoms with Gasteiger partial charge in [0, 0.05) is 25.3 Å². The van der Waals surface area contributed by atoms with E-state index in [0.29, 0.717) is 12.0 Å². The van der Waals surface area contributed by atoms with E-state index in [4.69, 9.17) is 15.7 Å². The van der Waals surface area contributed by atoms with E-state index in [2.05, 4.69) is 17.4 Å². The van der Waals surface area contributed by atoms with Gasteiger partial charge in [0.2, 0.25) is 0 Å². The molecule has 4 N–H and O–H groups in total. The van der Waals surface area contributed by atoms with Crippen LogP contribution in [-0.4, -0.2) is 30.3 Å². The molecule has 2 unspecified atom stereocenters. The standard InChI is InChI=1S/C15H23N3O2/c1-10-7-12(15(16)18-19)3-4-13(10)8-17-9-14-5-6-20-11(14)2/h3-4,7,11,14,17,19H,5-6,8-9H2,1-2H3,(H2,16,18). The first-order chi connectivity index (χ1) is 9.61. The van der Waals surface area contributed by atoms with E-state index >= 15 is 0 Å². The Morgan fingerprint density at radius 1 is 1.55 bits per heavy atom. The molecule has 1 aliphatic heterocycles. The maximum Gasteiger partial charge on any atom is 0.170 e. The molecule has 0 aliphatic carbocycles. The number of nitrogens with one attached hydrogen (secondary N) is 1. The molecule has 1 saturated heterocycles. The minimum absolute atomic E-state index is 0.143. The Labute approximate surface area is 119 Å². The van der Waals surface area contributed by atoms with E-state index in [1.807, 2.05) is 25.1 Å². The number of rotatable bonds is 5. The fraction of sp³-hybridized carbons (Fsp3) is 0.533. The van der Waals surface area contributed by atoms with Crippen LogP contribution in [0, 0.1) is 12.8 Å². The molecule has 1 heterocycles. The Balaban J connectivity index is 1.90. The molecule has 5 heteroatoms. The fourth-order valence-corrected chi connectivity index (χ4v) is 2.55. The molecule has 1 aliphatic rings. The molecular weight excluding hydrogens is 254 g/mol. The molecule has 5 nitrogen and oxygen atoms in total. The number of aryl methyl sites for hydroxylation is 1. The van der Waals surface area contributed by atoms with Crippen LogP contribution in [0.2, 0.25) is 0 Å². The molecule has 1 aromatic rings. The summed E-state index contributed by atoms with van der Waals surface area (Å²) in [6.07, 6.45) is 1.49. The second-order valence-electron chi connectivity index (χ2n) is 5.38. The highest BCUT2D eigenvalue weighted by Crippen LogP contribution is 2.19. The van der Waals surface area contributed by atoms with E-state index in [9.17, 15) is 0 Å². The van der Waals surface area contributed by atoms with Gasteiger partial charge in [0.05, 0.1) is 6.10 Å². The van der Waals surface area contributed by atoms with Crippen LogP contribution >= 0.6 is 0 Å². The average molecular weight is 277 g/mol. The van der Waals surface area contributed by atoms with Crippen molar-refractivity contribution in [3.8, 4) is 0 Å². The number of ether oxygens (including phenoxy) is 1. The van der Waals surface area contributed by atoms with Gasteiger partial charge in [-0.1, -0.05) is 17.3 Å². The SMILES string of the molecule is Cc1cc(/C(N)=N/O)ccc1CNCC1CCOC1C. The van der Waals surface area contributed by atoms with Gasteiger partial charge in [-0.15, -0.1) is 0 Å². The van der Waals surface area contributed by atoms with Crippen molar-refractivity contribution in [2.45, 2.75) is 32.9 Å². The quantitative estimate of drug-likeness (QED) is 0.330. The van der Waals surface area contributed by atoms with Crippen molar-refractivity contribution in [3.63, 3.8) is 0 Å². The summed E-state index contributed by atoms with van der Waals surface area (Å²) in [6, 6.07) is 5.83. The monoisotopic (exact) mass is 277 g/mol. The highest BCUT2D eigenvalue weighted by atomic mass is 16.5. The van der Waals surface area contributed by atoms with Crippen molar-refractivity contribution in [2.24, 2.45) is 16.8 Å². The smallest absolute Gasteiger partial charge is 0.170 e. The third kappa shape index (κ3) is 3.49. The zero-order valence-electron chi connectivity index (χ0n) is 12.1. The number of hydrogen-bond acceptors (Lipinski definition) is 4. The highest BCUT2D eigenvalue weighted by molar-refractivity contribution is 5.97. The second-order valence-corrected chi connectivity index (χ2v) is 5.38. The van der Waals surface area contributed by atoms with E-state index in [1.165, 1.54) is 5.56 Å². The van der Waals surface area contributed by atoms with Crippen LogP contribution in [0.1, 0.15) is 30.0 Å². The summed E-state index contributed by atoms with van der Waals surface area (Å²) < 4.78 is 5.56. The summed E-state index contributed by atoms with van der Waals surface area (Å²) in [5, 5.41) is 15.2. The van der Waals surface area contributed by atoms with Gasteiger partial charge in [-0.2, -0.15) is 0 Å². The van der Waals surface area contributed by atoms with E-state index in [1.54, 1.807) is 0 Å². The number of nitrogens with zero attached hydrogens (tertiary/aromatic N) is 1. The minimum Gasteiger partial charge on any atom is -0.409 e. The van der Waals surface area contributed by atoms with Crippen LogP contribution in [0.25, 0.3) is 0 Å². The Hall–Kier alpha value is -1.59. The summed E-state index contributed by atoms with van der Waals surface area (Å²) in [6.45, 7) is 6.85. The second kappa shape index (κ2) is 6.72. The Kier molecular flexibility index (Phi) is 4.98. The number of nitrogens with two attached hydrogens (primary N) is 1. The molecule has 20 heavy (non-hydrogen) atoms. The minimum atomic E-state index is 0.143. The van der Waals surface area contributed by atoms with Crippen LogP contribution in [0.5, 0.6) is 0 Å². The van der Waals surface area contributed by atoms with Gasteiger partial charge in [0.1, 0.15) is 0 Å². The lowest BCUT2D eigenvalue weighted by molar-refractivity contribution is 0.105. The van der Waals surface area contributed by atoms with Gasteiger partial charge in [-0.05, 0) is 43.4 Å². The molecular formula is C15H23N3O2. The van der Waals surface area contributed by atoms with Crippen LogP contribution in [0.4, 0.5) is 0 Å². The molecule has 0 amide bonds. The van der Waals surface area contributed by atoms with E-state index < -0.39 is 0 Å². The van der Waals surface area contributed by atoms with Gasteiger partial charge in [0.25, 0.3) is 0 Å². The maximum absolute atomic E-state index is 8.67. The van der Waals surface area contributed by atoms with Crippen molar-refractivity contribution in [2.75, 3.05) is 13.2 Å². The van der Waals surface area contributed by atoms with Crippen molar-refractivity contribution in [1.29, 1.82) is 0 Å². The first-order valence-electron chi connectivity index (χ1n) is 7.01. The first-order valence-corrected chi connectivity index (χ1v) is 7.01. The molecule has 2 atom stereocenters. The third-order valence-corrected chi connectivity index (χ3v) is 4.00. The molecule has 2 rings (SSSR count). The lowest BCUT2D eigenvalue weighted by Gasteiger charge is -2.15. The number of amidine groups is 1. The van der Waals surface area contributed by atoms with E-state index in [0.717, 1.165) is 37.2 Å².